The number of rotatable bonds is 9. The molecule has 150 valence electrons. The molecule has 0 radical (unpaired) electrons. The molecule has 1 N–H and O–H groups in total. The number of hydrogen-bond acceptors (Lipinski definition) is 3. The lowest BCUT2D eigenvalue weighted by atomic mass is 9.88. The average molecular weight is 374 g/mol. The van der Waals surface area contributed by atoms with Gasteiger partial charge >= 0.3 is 0 Å². The zero-order valence-corrected chi connectivity index (χ0v) is 17.3. The van der Waals surface area contributed by atoms with Crippen LogP contribution in [0.25, 0.3) is 0 Å². The summed E-state index contributed by atoms with van der Waals surface area (Å²) in [4.78, 5) is 29.1. The molecule has 1 heterocycles. The highest BCUT2D eigenvalue weighted by Gasteiger charge is 2.36. The Kier molecular flexibility index (Phi) is 8.29. The summed E-state index contributed by atoms with van der Waals surface area (Å²) in [6.45, 7) is 12.4. The first kappa shape index (κ1) is 21.4. The van der Waals surface area contributed by atoms with E-state index >= 15 is 0 Å². The highest BCUT2D eigenvalue weighted by Crippen LogP contribution is 2.25. The third kappa shape index (κ3) is 6.35. The van der Waals surface area contributed by atoms with Crippen LogP contribution >= 0.6 is 0 Å². The molecule has 1 fully saturated rings. The van der Waals surface area contributed by atoms with Crippen LogP contribution in [-0.2, 0) is 16.1 Å². The van der Waals surface area contributed by atoms with Crippen molar-refractivity contribution in [3.8, 4) is 0 Å². The molecule has 0 aromatic heterocycles. The minimum absolute atomic E-state index is 0.0275. The molecule has 5 heteroatoms. The van der Waals surface area contributed by atoms with Crippen molar-refractivity contribution in [2.45, 2.75) is 53.1 Å². The van der Waals surface area contributed by atoms with E-state index in [1.54, 1.807) is 0 Å². The number of likely N-dealkylation sites (N-methyl/N-ethyl adjacent to an activating group) is 1. The van der Waals surface area contributed by atoms with E-state index in [1.165, 1.54) is 5.56 Å². The molecule has 2 amide bonds. The molecule has 0 bridgehead atoms. The minimum atomic E-state index is -0.106. The molecule has 1 aromatic rings. The average Bonchev–Trinajstić information content (AvgIpc) is 2.64. The molecule has 1 aliphatic heterocycles. The second-order valence-electron chi connectivity index (χ2n) is 7.97. The van der Waals surface area contributed by atoms with E-state index in [-0.39, 0.29) is 23.8 Å². The summed E-state index contributed by atoms with van der Waals surface area (Å²) >= 11 is 0. The predicted molar refractivity (Wildman–Crippen MR) is 109 cm³/mol. The third-order valence-electron chi connectivity index (χ3n) is 5.39. The van der Waals surface area contributed by atoms with Gasteiger partial charge in [-0.25, -0.2) is 0 Å². The van der Waals surface area contributed by atoms with Gasteiger partial charge in [-0.1, -0.05) is 51.1 Å². The maximum atomic E-state index is 12.7. The van der Waals surface area contributed by atoms with Gasteiger partial charge in [-0.2, -0.15) is 0 Å². The predicted octanol–water partition coefficient (Wildman–Crippen LogP) is 2.91. The van der Waals surface area contributed by atoms with Gasteiger partial charge in [0.25, 0.3) is 0 Å². The fraction of sp³-hybridized carbons (Fsp3) is 0.636. The first-order valence-corrected chi connectivity index (χ1v) is 10.3. The molecule has 1 aromatic carbocycles. The standard InChI is InChI=1S/C22H35N3O2/c1-5-24(16-19-9-7-6-8-10-19)14-13-23-22(27)20-11-12-21(26)25(18(20)4)15-17(2)3/h6-10,17-18,20H,5,11-16H2,1-4H3,(H,23,27). The van der Waals surface area contributed by atoms with Crippen LogP contribution in [-0.4, -0.2) is 53.8 Å². The molecule has 27 heavy (non-hydrogen) atoms. The largest absolute Gasteiger partial charge is 0.355 e. The fourth-order valence-corrected chi connectivity index (χ4v) is 3.78. The Morgan fingerprint density at radius 1 is 1.30 bits per heavy atom. The van der Waals surface area contributed by atoms with Crippen LogP contribution in [0.4, 0.5) is 0 Å². The van der Waals surface area contributed by atoms with Gasteiger partial charge in [0.2, 0.25) is 11.8 Å². The van der Waals surface area contributed by atoms with Crippen LogP contribution in [0.1, 0.15) is 46.1 Å². The second-order valence-corrected chi connectivity index (χ2v) is 7.97. The highest BCUT2D eigenvalue weighted by molar-refractivity contribution is 5.84. The number of carbonyl (C=O) groups excluding carboxylic acids is 2. The minimum Gasteiger partial charge on any atom is -0.355 e. The van der Waals surface area contributed by atoms with E-state index in [0.29, 0.717) is 25.3 Å². The van der Waals surface area contributed by atoms with Gasteiger partial charge in [-0.3, -0.25) is 14.5 Å². The number of nitrogens with one attached hydrogen (secondary N) is 1. The van der Waals surface area contributed by atoms with E-state index < -0.39 is 0 Å². The monoisotopic (exact) mass is 373 g/mol. The number of benzene rings is 1. The highest BCUT2D eigenvalue weighted by atomic mass is 16.2. The number of carbonyl (C=O) groups is 2. The quantitative estimate of drug-likeness (QED) is 0.724. The Balaban J connectivity index is 1.82. The number of likely N-dealkylation sites (tertiary alicyclic amines) is 1. The zero-order chi connectivity index (χ0) is 19.8. The summed E-state index contributed by atoms with van der Waals surface area (Å²) in [5.41, 5.74) is 1.29. The van der Waals surface area contributed by atoms with Crippen LogP contribution in [0.15, 0.2) is 30.3 Å². The lowest BCUT2D eigenvalue weighted by Gasteiger charge is -2.39. The van der Waals surface area contributed by atoms with E-state index in [0.717, 1.165) is 26.2 Å². The molecular weight excluding hydrogens is 338 g/mol. The molecule has 0 aliphatic carbocycles. The van der Waals surface area contributed by atoms with Crippen molar-refractivity contribution in [1.82, 2.24) is 15.1 Å². The molecule has 5 nitrogen and oxygen atoms in total. The normalized spacial score (nSPS) is 20.4. The summed E-state index contributed by atoms with van der Waals surface area (Å²) in [7, 11) is 0. The molecule has 0 spiro atoms. The van der Waals surface area contributed by atoms with Gasteiger partial charge in [0.1, 0.15) is 0 Å². The molecule has 2 atom stereocenters. The Hall–Kier alpha value is -1.88. The molecule has 0 saturated carbocycles. The number of piperidine rings is 1. The summed E-state index contributed by atoms with van der Waals surface area (Å²) in [5.74, 6) is 0.569. The van der Waals surface area contributed by atoms with Crippen molar-refractivity contribution in [1.29, 1.82) is 0 Å². The Morgan fingerprint density at radius 3 is 2.63 bits per heavy atom. The van der Waals surface area contributed by atoms with Crippen molar-refractivity contribution in [2.75, 3.05) is 26.2 Å². The molecular formula is C22H35N3O2. The van der Waals surface area contributed by atoms with E-state index in [2.05, 4.69) is 55.3 Å². The number of nitrogens with zero attached hydrogens (tertiary/aromatic N) is 2. The topological polar surface area (TPSA) is 52.7 Å². The Bertz CT molecular complexity index is 603. The molecule has 2 unspecified atom stereocenters. The third-order valence-corrected chi connectivity index (χ3v) is 5.39. The lowest BCUT2D eigenvalue weighted by Crippen LogP contribution is -2.53. The Morgan fingerprint density at radius 2 is 2.00 bits per heavy atom. The molecule has 2 rings (SSSR count). The van der Waals surface area contributed by atoms with Gasteiger partial charge in [0.15, 0.2) is 0 Å². The lowest BCUT2D eigenvalue weighted by molar-refractivity contribution is -0.143. The van der Waals surface area contributed by atoms with E-state index in [4.69, 9.17) is 0 Å². The smallest absolute Gasteiger partial charge is 0.225 e. The first-order valence-electron chi connectivity index (χ1n) is 10.3. The molecule has 1 aliphatic rings. The maximum Gasteiger partial charge on any atom is 0.225 e. The Labute approximate surface area is 164 Å². The van der Waals surface area contributed by atoms with Crippen LogP contribution in [0.3, 0.4) is 0 Å². The first-order chi connectivity index (χ1) is 12.9. The van der Waals surface area contributed by atoms with Gasteiger partial charge < -0.3 is 10.2 Å². The van der Waals surface area contributed by atoms with Crippen molar-refractivity contribution >= 4 is 11.8 Å². The van der Waals surface area contributed by atoms with E-state index in [1.807, 2.05) is 17.9 Å². The van der Waals surface area contributed by atoms with Gasteiger partial charge in [0.05, 0.1) is 5.92 Å². The van der Waals surface area contributed by atoms with Crippen molar-refractivity contribution < 1.29 is 9.59 Å². The van der Waals surface area contributed by atoms with Gasteiger partial charge in [-0.05, 0) is 31.4 Å². The van der Waals surface area contributed by atoms with Crippen LogP contribution in [0, 0.1) is 11.8 Å². The summed E-state index contributed by atoms with van der Waals surface area (Å²) in [6, 6.07) is 10.4. The summed E-state index contributed by atoms with van der Waals surface area (Å²) in [5, 5.41) is 3.10. The number of hydrogen-bond donors (Lipinski definition) is 1. The van der Waals surface area contributed by atoms with Crippen LogP contribution < -0.4 is 5.32 Å². The maximum absolute atomic E-state index is 12.7. The van der Waals surface area contributed by atoms with Crippen LogP contribution in [0.5, 0.6) is 0 Å². The van der Waals surface area contributed by atoms with Crippen LogP contribution in [0.2, 0.25) is 0 Å². The summed E-state index contributed by atoms with van der Waals surface area (Å²) < 4.78 is 0. The van der Waals surface area contributed by atoms with E-state index in [9.17, 15) is 9.59 Å². The number of amides is 2. The molecule has 1 saturated heterocycles. The zero-order valence-electron chi connectivity index (χ0n) is 17.3. The van der Waals surface area contributed by atoms with Gasteiger partial charge in [0, 0.05) is 38.6 Å². The second kappa shape index (κ2) is 10.5. The SMILES string of the molecule is CCN(CCNC(=O)C1CCC(=O)N(CC(C)C)C1C)Cc1ccccc1. The van der Waals surface area contributed by atoms with Crippen molar-refractivity contribution in [3.05, 3.63) is 35.9 Å². The van der Waals surface area contributed by atoms with Crippen molar-refractivity contribution in [2.24, 2.45) is 11.8 Å². The van der Waals surface area contributed by atoms with Gasteiger partial charge in [-0.15, -0.1) is 0 Å². The summed E-state index contributed by atoms with van der Waals surface area (Å²) in [6.07, 6.45) is 1.13. The van der Waals surface area contributed by atoms with Crippen molar-refractivity contribution in [3.63, 3.8) is 0 Å². The fourth-order valence-electron chi connectivity index (χ4n) is 3.78.